The summed E-state index contributed by atoms with van der Waals surface area (Å²) < 4.78 is 0. The third kappa shape index (κ3) is 3.67. The summed E-state index contributed by atoms with van der Waals surface area (Å²) in [5, 5.41) is 14.7. The highest BCUT2D eigenvalue weighted by atomic mass is 35.5. The Morgan fingerprint density at radius 3 is 2.68 bits per heavy atom. The lowest BCUT2D eigenvalue weighted by atomic mass is 10.3. The van der Waals surface area contributed by atoms with Crippen LogP contribution in [0.4, 0.5) is 17.5 Å². The monoisotopic (exact) mass is 312 g/mol. The Hall–Kier alpha value is -2.73. The molecule has 0 atom stereocenters. The van der Waals surface area contributed by atoms with Crippen LogP contribution < -0.4 is 10.6 Å². The predicted octanol–water partition coefficient (Wildman–Crippen LogP) is 3.28. The molecule has 0 unspecified atom stereocenters. The van der Waals surface area contributed by atoms with Crippen molar-refractivity contribution in [3.05, 3.63) is 65.6 Å². The maximum atomic E-state index is 6.10. The van der Waals surface area contributed by atoms with E-state index < -0.39 is 0 Å². The summed E-state index contributed by atoms with van der Waals surface area (Å²) in [6, 6.07) is 11.3. The second-order valence-corrected chi connectivity index (χ2v) is 4.89. The molecule has 2 heterocycles. The van der Waals surface area contributed by atoms with Crippen molar-refractivity contribution in [2.45, 2.75) is 6.54 Å². The summed E-state index contributed by atoms with van der Waals surface area (Å²) in [5.41, 5.74) is 1.84. The van der Waals surface area contributed by atoms with Crippen molar-refractivity contribution in [2.75, 3.05) is 10.6 Å². The number of anilines is 3. The summed E-state index contributed by atoms with van der Waals surface area (Å²) >= 11 is 6.10. The quantitative estimate of drug-likeness (QED) is 0.753. The Bertz CT molecular complexity index is 750. The average molecular weight is 313 g/mol. The van der Waals surface area contributed by atoms with Crippen molar-refractivity contribution in [3.63, 3.8) is 0 Å². The second kappa shape index (κ2) is 6.82. The summed E-state index contributed by atoms with van der Waals surface area (Å²) in [6.07, 6.45) is 5.07. The first kappa shape index (κ1) is 14.2. The normalized spacial score (nSPS) is 10.2. The number of aromatic nitrogens is 4. The summed E-state index contributed by atoms with van der Waals surface area (Å²) in [4.78, 5) is 8.34. The SMILES string of the molecule is Clc1ccccc1Nc1nncc(NCc2ccncc2)n1. The number of nitrogens with one attached hydrogen (secondary N) is 2. The van der Waals surface area contributed by atoms with Crippen LogP contribution in [-0.4, -0.2) is 20.2 Å². The van der Waals surface area contributed by atoms with Crippen molar-refractivity contribution in [1.82, 2.24) is 20.2 Å². The van der Waals surface area contributed by atoms with E-state index in [2.05, 4.69) is 30.8 Å². The lowest BCUT2D eigenvalue weighted by Crippen LogP contribution is -2.05. The fourth-order valence-corrected chi connectivity index (χ4v) is 2.00. The minimum absolute atomic E-state index is 0.382. The minimum Gasteiger partial charge on any atom is -0.365 e. The minimum atomic E-state index is 0.382. The molecule has 0 radical (unpaired) electrons. The highest BCUT2D eigenvalue weighted by Gasteiger charge is 2.04. The molecular formula is C15H13ClN6. The van der Waals surface area contributed by atoms with Gasteiger partial charge in [-0.2, -0.15) is 10.1 Å². The fraction of sp³-hybridized carbons (Fsp3) is 0.0667. The van der Waals surface area contributed by atoms with Crippen LogP contribution >= 0.6 is 11.6 Å². The van der Waals surface area contributed by atoms with Crippen LogP contribution in [0.1, 0.15) is 5.56 Å². The smallest absolute Gasteiger partial charge is 0.249 e. The first-order valence-electron chi connectivity index (χ1n) is 6.65. The van der Waals surface area contributed by atoms with Gasteiger partial charge in [-0.25, -0.2) is 0 Å². The Morgan fingerprint density at radius 2 is 1.86 bits per heavy atom. The number of halogens is 1. The molecule has 0 aliphatic carbocycles. The number of rotatable bonds is 5. The molecule has 0 aliphatic heterocycles. The lowest BCUT2D eigenvalue weighted by Gasteiger charge is -2.08. The third-order valence-corrected chi connectivity index (χ3v) is 3.23. The molecule has 2 N–H and O–H groups in total. The Balaban J connectivity index is 1.69. The van der Waals surface area contributed by atoms with Crippen LogP contribution in [0, 0.1) is 0 Å². The van der Waals surface area contributed by atoms with Crippen molar-refractivity contribution in [1.29, 1.82) is 0 Å². The molecule has 0 amide bonds. The highest BCUT2D eigenvalue weighted by Crippen LogP contribution is 2.23. The molecule has 110 valence electrons. The molecule has 3 rings (SSSR count). The number of hydrogen-bond acceptors (Lipinski definition) is 6. The molecule has 7 heteroatoms. The summed E-state index contributed by atoms with van der Waals surface area (Å²) in [5.74, 6) is 1.01. The lowest BCUT2D eigenvalue weighted by molar-refractivity contribution is 0.965. The van der Waals surface area contributed by atoms with Crippen LogP contribution in [0.15, 0.2) is 55.0 Å². The largest absolute Gasteiger partial charge is 0.365 e. The van der Waals surface area contributed by atoms with Gasteiger partial charge in [-0.05, 0) is 29.8 Å². The van der Waals surface area contributed by atoms with E-state index in [1.54, 1.807) is 24.7 Å². The maximum absolute atomic E-state index is 6.10. The van der Waals surface area contributed by atoms with Crippen LogP contribution in [0.3, 0.4) is 0 Å². The number of pyridine rings is 1. The van der Waals surface area contributed by atoms with Crippen molar-refractivity contribution in [3.8, 4) is 0 Å². The van der Waals surface area contributed by atoms with Gasteiger partial charge in [0.05, 0.1) is 16.9 Å². The number of nitrogens with zero attached hydrogens (tertiary/aromatic N) is 4. The first-order valence-corrected chi connectivity index (χ1v) is 7.03. The van der Waals surface area contributed by atoms with E-state index in [1.165, 1.54) is 0 Å². The standard InChI is InChI=1S/C15H13ClN6/c16-12-3-1-2-4-13(12)20-15-21-14(10-19-22-15)18-9-11-5-7-17-8-6-11/h1-8,10H,9H2,(H2,18,20,21,22). The van der Waals surface area contributed by atoms with Gasteiger partial charge in [-0.15, -0.1) is 5.10 Å². The van der Waals surface area contributed by atoms with Crippen molar-refractivity contribution < 1.29 is 0 Å². The number of hydrogen-bond donors (Lipinski definition) is 2. The van der Waals surface area contributed by atoms with Gasteiger partial charge >= 0.3 is 0 Å². The Labute approximate surface area is 132 Å². The van der Waals surface area contributed by atoms with E-state index in [4.69, 9.17) is 11.6 Å². The van der Waals surface area contributed by atoms with E-state index in [9.17, 15) is 0 Å². The molecule has 2 aromatic heterocycles. The van der Waals surface area contributed by atoms with Crippen molar-refractivity contribution in [2.24, 2.45) is 0 Å². The van der Waals surface area contributed by atoms with Crippen LogP contribution in [0.2, 0.25) is 5.02 Å². The van der Waals surface area contributed by atoms with Crippen molar-refractivity contribution >= 4 is 29.1 Å². The molecule has 1 aromatic carbocycles. The molecular weight excluding hydrogens is 300 g/mol. The van der Waals surface area contributed by atoms with Gasteiger partial charge in [0.1, 0.15) is 0 Å². The van der Waals surface area contributed by atoms with Gasteiger partial charge in [0.2, 0.25) is 5.95 Å². The van der Waals surface area contributed by atoms with E-state index in [-0.39, 0.29) is 0 Å². The van der Waals surface area contributed by atoms with Crippen LogP contribution in [0.25, 0.3) is 0 Å². The Kier molecular flexibility index (Phi) is 4.41. The van der Waals surface area contributed by atoms with Gasteiger partial charge < -0.3 is 10.6 Å². The van der Waals surface area contributed by atoms with Gasteiger partial charge in [0.15, 0.2) is 5.82 Å². The van der Waals surface area contributed by atoms with Crippen LogP contribution in [-0.2, 0) is 6.54 Å². The van der Waals surface area contributed by atoms with Gasteiger partial charge in [0.25, 0.3) is 0 Å². The predicted molar refractivity (Wildman–Crippen MR) is 86.1 cm³/mol. The highest BCUT2D eigenvalue weighted by molar-refractivity contribution is 6.33. The molecule has 0 fully saturated rings. The molecule has 6 nitrogen and oxygen atoms in total. The Morgan fingerprint density at radius 1 is 1.05 bits per heavy atom. The van der Waals surface area contributed by atoms with E-state index >= 15 is 0 Å². The molecule has 22 heavy (non-hydrogen) atoms. The zero-order valence-corrected chi connectivity index (χ0v) is 12.3. The maximum Gasteiger partial charge on any atom is 0.249 e. The zero-order valence-electron chi connectivity index (χ0n) is 11.6. The molecule has 0 bridgehead atoms. The third-order valence-electron chi connectivity index (χ3n) is 2.90. The van der Waals surface area contributed by atoms with E-state index in [1.807, 2.05) is 30.3 Å². The molecule has 3 aromatic rings. The second-order valence-electron chi connectivity index (χ2n) is 4.48. The molecule has 0 aliphatic rings. The zero-order chi connectivity index (χ0) is 15.2. The van der Waals surface area contributed by atoms with Gasteiger partial charge in [0, 0.05) is 18.9 Å². The number of benzene rings is 1. The molecule has 0 spiro atoms. The van der Waals surface area contributed by atoms with E-state index in [0.29, 0.717) is 23.3 Å². The molecule has 0 saturated heterocycles. The average Bonchev–Trinajstić information content (AvgIpc) is 2.57. The molecule has 0 saturated carbocycles. The van der Waals surface area contributed by atoms with E-state index in [0.717, 1.165) is 11.3 Å². The van der Waals surface area contributed by atoms with Gasteiger partial charge in [-0.1, -0.05) is 23.7 Å². The van der Waals surface area contributed by atoms with Gasteiger partial charge in [-0.3, -0.25) is 4.98 Å². The van der Waals surface area contributed by atoms with Crippen LogP contribution in [0.5, 0.6) is 0 Å². The fourth-order valence-electron chi connectivity index (χ4n) is 1.82. The first-order chi connectivity index (χ1) is 10.8. The summed E-state index contributed by atoms with van der Waals surface area (Å²) in [6.45, 7) is 0.632. The summed E-state index contributed by atoms with van der Waals surface area (Å²) in [7, 11) is 0. The number of para-hydroxylation sites is 1. The topological polar surface area (TPSA) is 75.6 Å².